The van der Waals surface area contributed by atoms with Gasteiger partial charge in [0.2, 0.25) is 0 Å². The fraction of sp³-hybridized carbons (Fsp3) is 0.308. The number of unbranched alkanes of at least 4 members (excludes halogenated alkanes) is 1. The number of nitrogens with one attached hydrogen (secondary N) is 3. The van der Waals surface area contributed by atoms with Crippen LogP contribution in [0.25, 0.3) is 0 Å². The highest BCUT2D eigenvalue weighted by Crippen LogP contribution is 2.32. The van der Waals surface area contributed by atoms with Crippen molar-refractivity contribution in [2.45, 2.75) is 17.7 Å². The van der Waals surface area contributed by atoms with E-state index in [0.717, 1.165) is 24.8 Å². The van der Waals surface area contributed by atoms with Crippen LogP contribution in [0.4, 0.5) is 15.2 Å². The first-order chi connectivity index (χ1) is 10.7. The minimum absolute atomic E-state index is 0.349. The van der Waals surface area contributed by atoms with Crippen molar-refractivity contribution in [2.75, 3.05) is 23.1 Å². The summed E-state index contributed by atoms with van der Waals surface area (Å²) in [7, 11) is 0. The van der Waals surface area contributed by atoms with Crippen LogP contribution in [0.15, 0.2) is 28.6 Å². The van der Waals surface area contributed by atoms with E-state index in [-0.39, 0.29) is 5.82 Å². The van der Waals surface area contributed by atoms with Gasteiger partial charge in [0.15, 0.2) is 5.13 Å². The lowest BCUT2D eigenvalue weighted by Gasteiger charge is -2.11. The molecule has 1 aromatic carbocycles. The van der Waals surface area contributed by atoms with Crippen LogP contribution in [0.1, 0.15) is 12.8 Å². The van der Waals surface area contributed by atoms with Gasteiger partial charge in [-0.1, -0.05) is 11.6 Å². The summed E-state index contributed by atoms with van der Waals surface area (Å²) < 4.78 is 17.0. The molecule has 0 fully saturated rings. The van der Waals surface area contributed by atoms with Gasteiger partial charge in [-0.05, 0) is 36.9 Å². The molecule has 2 aromatic rings. The summed E-state index contributed by atoms with van der Waals surface area (Å²) >= 11 is 8.74. The van der Waals surface area contributed by atoms with Crippen molar-refractivity contribution >= 4 is 45.7 Å². The highest BCUT2D eigenvalue weighted by atomic mass is 35.5. The molecular weight excluding hydrogens is 347 g/mol. The van der Waals surface area contributed by atoms with Crippen molar-refractivity contribution in [1.82, 2.24) is 10.5 Å². The Kier molecular flexibility index (Phi) is 7.20. The van der Waals surface area contributed by atoms with E-state index < -0.39 is 0 Å². The summed E-state index contributed by atoms with van der Waals surface area (Å²) in [6.07, 6.45) is 3.33. The molecule has 0 amide bonds. The highest BCUT2D eigenvalue weighted by molar-refractivity contribution is 8.00. The van der Waals surface area contributed by atoms with E-state index in [9.17, 15) is 4.39 Å². The average Bonchev–Trinajstić information content (AvgIpc) is 3.02. The van der Waals surface area contributed by atoms with Gasteiger partial charge in [-0.25, -0.2) is 14.9 Å². The number of rotatable bonds is 9. The zero-order chi connectivity index (χ0) is 15.8. The van der Waals surface area contributed by atoms with Crippen molar-refractivity contribution in [2.24, 2.45) is 0 Å². The number of hydrogen-bond acceptors (Lipinski definition) is 7. The number of aromatic nitrogens is 1. The second-order valence-electron chi connectivity index (χ2n) is 4.35. The summed E-state index contributed by atoms with van der Waals surface area (Å²) in [6.45, 7) is 1.19. The van der Waals surface area contributed by atoms with Crippen LogP contribution < -0.4 is 15.5 Å². The van der Waals surface area contributed by atoms with Gasteiger partial charge in [0, 0.05) is 24.7 Å². The molecule has 0 saturated carbocycles. The second kappa shape index (κ2) is 9.16. The van der Waals surface area contributed by atoms with Crippen LogP contribution in [-0.4, -0.2) is 23.3 Å². The molecule has 0 bridgehead atoms. The third-order valence-electron chi connectivity index (χ3n) is 2.73. The highest BCUT2D eigenvalue weighted by Gasteiger charge is 2.10. The molecule has 0 aliphatic heterocycles. The summed E-state index contributed by atoms with van der Waals surface area (Å²) in [5.74, 6) is -0.349. The molecule has 0 saturated heterocycles. The van der Waals surface area contributed by atoms with Gasteiger partial charge in [-0.15, -0.1) is 11.3 Å². The molecule has 0 spiro atoms. The average molecular weight is 363 g/mol. The maximum atomic E-state index is 14.1. The van der Waals surface area contributed by atoms with E-state index >= 15 is 0 Å². The molecule has 5 nitrogen and oxygen atoms in total. The van der Waals surface area contributed by atoms with Gasteiger partial charge < -0.3 is 15.2 Å². The molecule has 0 atom stereocenters. The van der Waals surface area contributed by atoms with Crippen LogP contribution >= 0.6 is 34.9 Å². The number of thiazole rings is 1. The molecule has 120 valence electrons. The molecule has 4 N–H and O–H groups in total. The van der Waals surface area contributed by atoms with Crippen molar-refractivity contribution in [3.05, 3.63) is 34.5 Å². The lowest BCUT2D eigenvalue weighted by atomic mass is 10.2. The van der Waals surface area contributed by atoms with Gasteiger partial charge in [0.1, 0.15) is 5.82 Å². The third-order valence-corrected chi connectivity index (χ3v) is 4.69. The summed E-state index contributed by atoms with van der Waals surface area (Å²) in [5.41, 5.74) is 2.66. The Balaban J connectivity index is 1.89. The zero-order valence-electron chi connectivity index (χ0n) is 11.6. The number of hydroxylamine groups is 1. The topological polar surface area (TPSA) is 69.2 Å². The van der Waals surface area contributed by atoms with E-state index in [1.165, 1.54) is 17.4 Å². The number of benzene rings is 1. The first kappa shape index (κ1) is 17.3. The number of halogens is 2. The van der Waals surface area contributed by atoms with E-state index in [4.69, 9.17) is 16.8 Å². The Bertz CT molecular complexity index is 586. The van der Waals surface area contributed by atoms with E-state index in [1.54, 1.807) is 12.3 Å². The van der Waals surface area contributed by atoms with Crippen molar-refractivity contribution in [1.29, 1.82) is 0 Å². The van der Waals surface area contributed by atoms with Crippen molar-refractivity contribution in [3.8, 4) is 0 Å². The van der Waals surface area contributed by atoms with Crippen LogP contribution in [0.2, 0.25) is 5.02 Å². The zero-order valence-corrected chi connectivity index (χ0v) is 14.0. The first-order valence-corrected chi connectivity index (χ1v) is 8.70. The minimum atomic E-state index is -0.349. The van der Waals surface area contributed by atoms with Crippen LogP contribution in [0.3, 0.4) is 0 Å². The maximum Gasteiger partial charge on any atom is 0.192 e. The van der Waals surface area contributed by atoms with Gasteiger partial charge in [-0.2, -0.15) is 0 Å². The first-order valence-electron chi connectivity index (χ1n) is 6.63. The lowest BCUT2D eigenvalue weighted by molar-refractivity contribution is 0.165. The molecule has 1 aromatic heterocycles. The molecule has 1 heterocycles. The lowest BCUT2D eigenvalue weighted by Crippen LogP contribution is -2.11. The number of nitrogens with zero attached hydrogens (tertiary/aromatic N) is 1. The van der Waals surface area contributed by atoms with Crippen LogP contribution in [0.5, 0.6) is 0 Å². The summed E-state index contributed by atoms with van der Waals surface area (Å²) in [4.78, 5) is 4.47. The Morgan fingerprint density at radius 3 is 2.86 bits per heavy atom. The molecule has 9 heteroatoms. The Morgan fingerprint density at radius 2 is 2.14 bits per heavy atom. The van der Waals surface area contributed by atoms with Gasteiger partial charge in [0.25, 0.3) is 0 Å². The predicted octanol–water partition coefficient (Wildman–Crippen LogP) is 4.23. The van der Waals surface area contributed by atoms with E-state index in [0.29, 0.717) is 33.8 Å². The second-order valence-corrected chi connectivity index (χ2v) is 6.50. The Hall–Kier alpha value is -1.06. The largest absolute Gasteiger partial charge is 0.384 e. The fourth-order valence-corrected chi connectivity index (χ4v) is 3.23. The molecule has 2 rings (SSSR count). The summed E-state index contributed by atoms with van der Waals surface area (Å²) in [5, 5.41) is 14.6. The van der Waals surface area contributed by atoms with Gasteiger partial charge >= 0.3 is 0 Å². The monoisotopic (exact) mass is 362 g/mol. The van der Waals surface area contributed by atoms with Crippen LogP contribution in [-0.2, 0) is 0 Å². The number of hydrogen-bond donors (Lipinski definition) is 4. The Morgan fingerprint density at radius 1 is 1.32 bits per heavy atom. The third kappa shape index (κ3) is 5.29. The molecule has 0 aliphatic carbocycles. The minimum Gasteiger partial charge on any atom is -0.384 e. The van der Waals surface area contributed by atoms with Crippen molar-refractivity contribution < 1.29 is 9.60 Å². The predicted molar refractivity (Wildman–Crippen MR) is 90.5 cm³/mol. The molecular formula is C13H16ClFN4OS2. The van der Waals surface area contributed by atoms with Crippen LogP contribution in [0, 0.1) is 5.82 Å². The smallest absolute Gasteiger partial charge is 0.192 e. The molecule has 22 heavy (non-hydrogen) atoms. The molecule has 0 unspecified atom stereocenters. The van der Waals surface area contributed by atoms with Gasteiger partial charge in [0.05, 0.1) is 15.6 Å². The van der Waals surface area contributed by atoms with Gasteiger partial charge in [-0.3, -0.25) is 0 Å². The molecule has 0 radical (unpaired) electrons. The standard InChI is InChI=1S/C13H16ClFN4OS2/c14-9-7-12(22-19-13-17-5-6-21-13)10(15)8-11(9)16-3-1-2-4-18-20/h5-8,16,18,20H,1-4H2,(H,17,19). The Labute approximate surface area is 141 Å². The summed E-state index contributed by atoms with van der Waals surface area (Å²) in [6, 6.07) is 2.97. The maximum absolute atomic E-state index is 14.1. The van der Waals surface area contributed by atoms with E-state index in [1.807, 2.05) is 5.38 Å². The number of anilines is 2. The van der Waals surface area contributed by atoms with E-state index in [2.05, 4.69) is 20.5 Å². The normalized spacial score (nSPS) is 10.7. The fourth-order valence-electron chi connectivity index (χ4n) is 1.67. The quantitative estimate of drug-likeness (QED) is 0.304. The van der Waals surface area contributed by atoms with Crippen molar-refractivity contribution in [3.63, 3.8) is 0 Å². The SMILES string of the molecule is ONCCCCNc1cc(F)c(SNc2nccs2)cc1Cl. The molecule has 0 aliphatic rings.